The number of halogens is 1. The van der Waals surface area contributed by atoms with E-state index in [0.29, 0.717) is 22.0 Å². The maximum Gasteiger partial charge on any atom is 0.231 e. The SMILES string of the molecule is CSc1nc(Nc2ccc(Cl)cc2)nc(-c2ccc(C)cc2)n1. The summed E-state index contributed by atoms with van der Waals surface area (Å²) >= 11 is 7.39. The van der Waals surface area contributed by atoms with Crippen LogP contribution in [-0.4, -0.2) is 21.2 Å². The van der Waals surface area contributed by atoms with Crippen molar-refractivity contribution in [3.05, 3.63) is 59.1 Å². The molecule has 0 amide bonds. The van der Waals surface area contributed by atoms with E-state index in [1.807, 2.05) is 54.8 Å². The summed E-state index contributed by atoms with van der Waals surface area (Å²) in [6.45, 7) is 2.05. The monoisotopic (exact) mass is 342 g/mol. The van der Waals surface area contributed by atoms with Crippen LogP contribution in [0.5, 0.6) is 0 Å². The molecule has 0 fully saturated rings. The molecule has 0 saturated heterocycles. The highest BCUT2D eigenvalue weighted by atomic mass is 35.5. The molecule has 1 N–H and O–H groups in total. The van der Waals surface area contributed by atoms with Crippen LogP contribution < -0.4 is 5.32 Å². The number of aromatic nitrogens is 3. The van der Waals surface area contributed by atoms with Gasteiger partial charge in [0.15, 0.2) is 11.0 Å². The summed E-state index contributed by atoms with van der Waals surface area (Å²) in [5.74, 6) is 1.17. The fourth-order valence-electron chi connectivity index (χ4n) is 2.00. The second-order valence-electron chi connectivity index (χ2n) is 4.97. The molecule has 0 unspecified atom stereocenters. The Balaban J connectivity index is 1.95. The molecule has 23 heavy (non-hydrogen) atoms. The quantitative estimate of drug-likeness (QED) is 0.679. The number of benzene rings is 2. The van der Waals surface area contributed by atoms with Gasteiger partial charge in [-0.3, -0.25) is 0 Å². The first-order chi connectivity index (χ1) is 11.1. The average Bonchev–Trinajstić information content (AvgIpc) is 2.57. The van der Waals surface area contributed by atoms with Gasteiger partial charge in [0.05, 0.1) is 0 Å². The summed E-state index contributed by atoms with van der Waals surface area (Å²) in [6.07, 6.45) is 1.94. The zero-order valence-electron chi connectivity index (χ0n) is 12.7. The van der Waals surface area contributed by atoms with E-state index >= 15 is 0 Å². The Bertz CT molecular complexity index is 804. The third kappa shape index (κ3) is 4.00. The van der Waals surface area contributed by atoms with Gasteiger partial charge in [0, 0.05) is 16.3 Å². The van der Waals surface area contributed by atoms with Gasteiger partial charge in [-0.2, -0.15) is 9.97 Å². The van der Waals surface area contributed by atoms with Crippen molar-refractivity contribution in [2.45, 2.75) is 12.1 Å². The van der Waals surface area contributed by atoms with Gasteiger partial charge < -0.3 is 5.32 Å². The van der Waals surface area contributed by atoms with E-state index in [-0.39, 0.29) is 0 Å². The molecule has 0 bridgehead atoms. The van der Waals surface area contributed by atoms with Crippen LogP contribution in [0.2, 0.25) is 5.02 Å². The Kier molecular flexibility index (Phi) is 4.79. The van der Waals surface area contributed by atoms with Crippen LogP contribution >= 0.6 is 23.4 Å². The Morgan fingerprint density at radius 1 is 0.913 bits per heavy atom. The lowest BCUT2D eigenvalue weighted by molar-refractivity contribution is 0.923. The molecule has 1 aromatic heterocycles. The van der Waals surface area contributed by atoms with Gasteiger partial charge in [0.2, 0.25) is 5.95 Å². The lowest BCUT2D eigenvalue weighted by Gasteiger charge is -2.08. The van der Waals surface area contributed by atoms with Crippen molar-refractivity contribution in [1.29, 1.82) is 0 Å². The number of aryl methyl sites for hydroxylation is 1. The Labute approximate surface area is 144 Å². The number of hydrogen-bond donors (Lipinski definition) is 1. The van der Waals surface area contributed by atoms with Crippen LogP contribution in [0, 0.1) is 6.92 Å². The highest BCUT2D eigenvalue weighted by Gasteiger charge is 2.08. The molecule has 6 heteroatoms. The zero-order chi connectivity index (χ0) is 16.2. The predicted molar refractivity (Wildman–Crippen MR) is 96.5 cm³/mol. The van der Waals surface area contributed by atoms with E-state index in [1.54, 1.807) is 0 Å². The van der Waals surface area contributed by atoms with Crippen LogP contribution in [0.15, 0.2) is 53.7 Å². The van der Waals surface area contributed by atoms with E-state index in [2.05, 4.69) is 27.2 Å². The molecule has 0 saturated carbocycles. The summed E-state index contributed by atoms with van der Waals surface area (Å²) in [6, 6.07) is 15.5. The molecular formula is C17H15ClN4S. The van der Waals surface area contributed by atoms with Crippen molar-refractivity contribution in [2.24, 2.45) is 0 Å². The van der Waals surface area contributed by atoms with E-state index in [1.165, 1.54) is 17.3 Å². The first-order valence-corrected chi connectivity index (χ1v) is 8.64. The van der Waals surface area contributed by atoms with Crippen molar-refractivity contribution >= 4 is 35.0 Å². The summed E-state index contributed by atoms with van der Waals surface area (Å²) in [7, 11) is 0. The molecule has 0 aliphatic heterocycles. The fourth-order valence-corrected chi connectivity index (χ4v) is 2.48. The van der Waals surface area contributed by atoms with E-state index in [9.17, 15) is 0 Å². The highest BCUT2D eigenvalue weighted by molar-refractivity contribution is 7.98. The third-order valence-electron chi connectivity index (χ3n) is 3.21. The molecule has 116 valence electrons. The highest BCUT2D eigenvalue weighted by Crippen LogP contribution is 2.22. The van der Waals surface area contributed by atoms with Crippen LogP contribution in [-0.2, 0) is 0 Å². The fraction of sp³-hybridized carbons (Fsp3) is 0.118. The molecule has 1 heterocycles. The minimum absolute atomic E-state index is 0.516. The third-order valence-corrected chi connectivity index (χ3v) is 4.01. The van der Waals surface area contributed by atoms with E-state index < -0.39 is 0 Å². The van der Waals surface area contributed by atoms with Crippen LogP contribution in [0.1, 0.15) is 5.56 Å². The van der Waals surface area contributed by atoms with Crippen molar-refractivity contribution < 1.29 is 0 Å². The topological polar surface area (TPSA) is 50.7 Å². The maximum absolute atomic E-state index is 5.91. The van der Waals surface area contributed by atoms with Gasteiger partial charge in [-0.05, 0) is 37.4 Å². The molecule has 3 rings (SSSR count). The number of nitrogens with zero attached hydrogens (tertiary/aromatic N) is 3. The molecule has 2 aromatic carbocycles. The first kappa shape index (κ1) is 15.8. The smallest absolute Gasteiger partial charge is 0.231 e. The van der Waals surface area contributed by atoms with Gasteiger partial charge in [0.1, 0.15) is 0 Å². The van der Waals surface area contributed by atoms with Crippen molar-refractivity contribution in [1.82, 2.24) is 15.0 Å². The molecular weight excluding hydrogens is 328 g/mol. The molecule has 0 aliphatic rings. The predicted octanol–water partition coefficient (Wildman–Crippen LogP) is 4.97. The molecule has 0 atom stereocenters. The average molecular weight is 343 g/mol. The van der Waals surface area contributed by atoms with Gasteiger partial charge in [-0.25, -0.2) is 4.98 Å². The van der Waals surface area contributed by atoms with Crippen LogP contribution in [0.25, 0.3) is 11.4 Å². The number of nitrogens with one attached hydrogen (secondary N) is 1. The molecule has 0 spiro atoms. The Hall–Kier alpha value is -2.11. The Morgan fingerprint density at radius 2 is 1.61 bits per heavy atom. The van der Waals surface area contributed by atoms with Gasteiger partial charge in [-0.1, -0.05) is 53.2 Å². The summed E-state index contributed by atoms with van der Waals surface area (Å²) in [5, 5.41) is 4.56. The minimum atomic E-state index is 0.516. The number of thioether (sulfide) groups is 1. The number of hydrogen-bond acceptors (Lipinski definition) is 5. The standard InChI is InChI=1S/C17H15ClN4S/c1-11-3-5-12(6-4-11)15-20-16(22-17(21-15)23-2)19-14-9-7-13(18)8-10-14/h3-10H,1-2H3,(H,19,20,21,22). The molecule has 0 aliphatic carbocycles. The summed E-state index contributed by atoms with van der Waals surface area (Å²) < 4.78 is 0. The molecule has 4 nitrogen and oxygen atoms in total. The van der Waals surface area contributed by atoms with Gasteiger partial charge in [0.25, 0.3) is 0 Å². The largest absolute Gasteiger partial charge is 0.324 e. The van der Waals surface area contributed by atoms with E-state index in [0.717, 1.165) is 11.3 Å². The number of anilines is 2. The lowest BCUT2D eigenvalue weighted by Crippen LogP contribution is -2.02. The number of rotatable bonds is 4. The molecule has 0 radical (unpaired) electrons. The van der Waals surface area contributed by atoms with Gasteiger partial charge >= 0.3 is 0 Å². The summed E-state index contributed by atoms with van der Waals surface area (Å²) in [4.78, 5) is 13.4. The molecule has 3 aromatic rings. The lowest BCUT2D eigenvalue weighted by atomic mass is 10.1. The maximum atomic E-state index is 5.91. The summed E-state index contributed by atoms with van der Waals surface area (Å²) in [5.41, 5.74) is 3.04. The van der Waals surface area contributed by atoms with Crippen LogP contribution in [0.4, 0.5) is 11.6 Å². The van der Waals surface area contributed by atoms with Crippen molar-refractivity contribution in [3.63, 3.8) is 0 Å². The van der Waals surface area contributed by atoms with E-state index in [4.69, 9.17) is 11.6 Å². The van der Waals surface area contributed by atoms with Crippen molar-refractivity contribution in [3.8, 4) is 11.4 Å². The second-order valence-corrected chi connectivity index (χ2v) is 6.18. The zero-order valence-corrected chi connectivity index (χ0v) is 14.3. The minimum Gasteiger partial charge on any atom is -0.324 e. The second kappa shape index (κ2) is 6.98. The van der Waals surface area contributed by atoms with Crippen LogP contribution in [0.3, 0.4) is 0 Å². The van der Waals surface area contributed by atoms with Crippen molar-refractivity contribution in [2.75, 3.05) is 11.6 Å². The normalized spacial score (nSPS) is 10.6. The first-order valence-electron chi connectivity index (χ1n) is 7.04. The van der Waals surface area contributed by atoms with Gasteiger partial charge in [-0.15, -0.1) is 0 Å². The Morgan fingerprint density at radius 3 is 2.26 bits per heavy atom.